The van der Waals surface area contributed by atoms with Crippen molar-refractivity contribution in [1.82, 2.24) is 10.2 Å². The van der Waals surface area contributed by atoms with Crippen LogP contribution in [0, 0.1) is 5.92 Å². The largest absolute Gasteiger partial charge is 0.444 e. The Bertz CT molecular complexity index is 395. The molecule has 2 rings (SSSR count). The van der Waals surface area contributed by atoms with E-state index in [1.807, 2.05) is 37.4 Å². The van der Waals surface area contributed by atoms with Gasteiger partial charge in [-0.3, -0.25) is 4.79 Å². The molecule has 1 aliphatic carbocycles. The molecule has 22 heavy (non-hydrogen) atoms. The molecule has 1 aliphatic heterocycles. The van der Waals surface area contributed by atoms with Gasteiger partial charge in [-0.05, 0) is 46.5 Å². The molecule has 2 amide bonds. The van der Waals surface area contributed by atoms with Crippen LogP contribution in [0.3, 0.4) is 0 Å². The summed E-state index contributed by atoms with van der Waals surface area (Å²) in [5.41, 5.74) is -0.469. The summed E-state index contributed by atoms with van der Waals surface area (Å²) in [6.45, 7) is 7.36. The zero-order valence-electron chi connectivity index (χ0n) is 13.9. The Balaban J connectivity index is 1.73. The molecule has 1 saturated carbocycles. The summed E-state index contributed by atoms with van der Waals surface area (Å²) in [5, 5.41) is 2.93. The molecular weight excluding hydrogens is 300 g/mol. The lowest BCUT2D eigenvalue weighted by molar-refractivity contribution is -0.136. The van der Waals surface area contributed by atoms with Crippen LogP contribution in [0.25, 0.3) is 0 Å². The molecule has 0 spiro atoms. The summed E-state index contributed by atoms with van der Waals surface area (Å²) >= 11 is 1.92. The Labute approximate surface area is 137 Å². The molecule has 5 nitrogen and oxygen atoms in total. The Morgan fingerprint density at radius 3 is 2.23 bits per heavy atom. The maximum absolute atomic E-state index is 12.5. The summed E-state index contributed by atoms with van der Waals surface area (Å²) in [7, 11) is 0. The van der Waals surface area contributed by atoms with Crippen LogP contribution in [-0.2, 0) is 9.53 Å². The van der Waals surface area contributed by atoms with E-state index in [9.17, 15) is 9.59 Å². The van der Waals surface area contributed by atoms with Gasteiger partial charge in [-0.25, -0.2) is 4.79 Å². The van der Waals surface area contributed by atoms with Gasteiger partial charge in [0.25, 0.3) is 0 Å². The molecule has 0 aromatic heterocycles. The van der Waals surface area contributed by atoms with E-state index in [0.717, 1.165) is 50.3 Å². The highest BCUT2D eigenvalue weighted by molar-refractivity contribution is 7.99. The summed E-state index contributed by atoms with van der Waals surface area (Å²) < 4.78 is 5.28. The van der Waals surface area contributed by atoms with Gasteiger partial charge in [0.1, 0.15) is 5.60 Å². The maximum Gasteiger partial charge on any atom is 0.407 e. The first-order valence-corrected chi connectivity index (χ1v) is 9.36. The lowest BCUT2D eigenvalue weighted by Crippen LogP contribution is -2.45. The number of alkyl carbamates (subject to hydrolysis) is 1. The van der Waals surface area contributed by atoms with E-state index in [-0.39, 0.29) is 18.1 Å². The van der Waals surface area contributed by atoms with Crippen LogP contribution in [0.2, 0.25) is 0 Å². The van der Waals surface area contributed by atoms with Crippen molar-refractivity contribution in [3.8, 4) is 0 Å². The van der Waals surface area contributed by atoms with Gasteiger partial charge < -0.3 is 15.0 Å². The number of carbonyl (C=O) groups excluding carboxylic acids is 2. The average molecular weight is 328 g/mol. The number of nitrogens with zero attached hydrogens (tertiary/aromatic N) is 1. The van der Waals surface area contributed by atoms with Crippen LogP contribution in [0.15, 0.2) is 0 Å². The van der Waals surface area contributed by atoms with E-state index < -0.39 is 5.60 Å². The third-order valence-electron chi connectivity index (χ3n) is 4.12. The van der Waals surface area contributed by atoms with E-state index in [1.54, 1.807) is 0 Å². The summed E-state index contributed by atoms with van der Waals surface area (Å²) in [6.07, 6.45) is 3.10. The molecule has 126 valence electrons. The van der Waals surface area contributed by atoms with Crippen molar-refractivity contribution in [1.29, 1.82) is 0 Å². The second kappa shape index (κ2) is 7.57. The first kappa shape index (κ1) is 17.4. The van der Waals surface area contributed by atoms with Crippen LogP contribution < -0.4 is 5.32 Å². The molecule has 6 heteroatoms. The van der Waals surface area contributed by atoms with Crippen LogP contribution in [-0.4, -0.2) is 53.1 Å². The Kier molecular flexibility index (Phi) is 6.01. The van der Waals surface area contributed by atoms with Gasteiger partial charge in [0.15, 0.2) is 0 Å². The lowest BCUT2D eigenvalue weighted by atomic mass is 9.85. The number of rotatable bonds is 2. The predicted molar refractivity (Wildman–Crippen MR) is 89.0 cm³/mol. The monoisotopic (exact) mass is 328 g/mol. The van der Waals surface area contributed by atoms with Crippen molar-refractivity contribution in [2.75, 3.05) is 24.6 Å². The first-order chi connectivity index (χ1) is 10.3. The second-order valence-corrected chi connectivity index (χ2v) is 8.36. The van der Waals surface area contributed by atoms with Crippen LogP contribution >= 0.6 is 11.8 Å². The fourth-order valence-electron chi connectivity index (χ4n) is 3.00. The molecule has 1 heterocycles. The van der Waals surface area contributed by atoms with Gasteiger partial charge in [-0.15, -0.1) is 0 Å². The highest BCUT2D eigenvalue weighted by atomic mass is 32.2. The van der Waals surface area contributed by atoms with Gasteiger partial charge in [0, 0.05) is 36.6 Å². The highest BCUT2D eigenvalue weighted by Crippen LogP contribution is 2.27. The SMILES string of the molecule is CC(C)(C)OC(=O)NC1CCC(C(=O)N2CCSCC2)CC1. The number of carbonyl (C=O) groups is 2. The summed E-state index contributed by atoms with van der Waals surface area (Å²) in [4.78, 5) is 26.3. The minimum Gasteiger partial charge on any atom is -0.444 e. The van der Waals surface area contributed by atoms with Gasteiger partial charge in [0.2, 0.25) is 5.91 Å². The predicted octanol–water partition coefficient (Wildman–Crippen LogP) is 2.65. The molecular formula is C16H28N2O3S. The molecule has 1 saturated heterocycles. The first-order valence-electron chi connectivity index (χ1n) is 8.21. The smallest absolute Gasteiger partial charge is 0.407 e. The van der Waals surface area contributed by atoms with Crippen molar-refractivity contribution in [3.63, 3.8) is 0 Å². The van der Waals surface area contributed by atoms with E-state index >= 15 is 0 Å². The van der Waals surface area contributed by atoms with Gasteiger partial charge in [0.05, 0.1) is 0 Å². The van der Waals surface area contributed by atoms with Gasteiger partial charge >= 0.3 is 6.09 Å². The molecule has 0 radical (unpaired) electrons. The van der Waals surface area contributed by atoms with Crippen molar-refractivity contribution >= 4 is 23.8 Å². The quantitative estimate of drug-likeness (QED) is 0.846. The molecule has 0 atom stereocenters. The zero-order chi connectivity index (χ0) is 16.2. The van der Waals surface area contributed by atoms with E-state index in [0.29, 0.717) is 5.91 Å². The minimum atomic E-state index is -0.469. The molecule has 0 unspecified atom stereocenters. The van der Waals surface area contributed by atoms with Crippen molar-refractivity contribution in [3.05, 3.63) is 0 Å². The fourth-order valence-corrected chi connectivity index (χ4v) is 3.90. The molecule has 0 bridgehead atoms. The number of ether oxygens (including phenoxy) is 1. The summed E-state index contributed by atoms with van der Waals surface area (Å²) in [6, 6.07) is 0.135. The van der Waals surface area contributed by atoms with E-state index in [1.165, 1.54) is 0 Å². The number of amides is 2. The Morgan fingerprint density at radius 2 is 1.68 bits per heavy atom. The summed E-state index contributed by atoms with van der Waals surface area (Å²) in [5.74, 6) is 2.57. The molecule has 2 aliphatic rings. The normalized spacial score (nSPS) is 26.4. The number of hydrogen-bond donors (Lipinski definition) is 1. The number of thioether (sulfide) groups is 1. The lowest BCUT2D eigenvalue weighted by Gasteiger charge is -2.34. The van der Waals surface area contributed by atoms with Crippen LogP contribution in [0.5, 0.6) is 0 Å². The third kappa shape index (κ3) is 5.38. The third-order valence-corrected chi connectivity index (χ3v) is 5.06. The molecule has 0 aromatic carbocycles. The van der Waals surface area contributed by atoms with Crippen molar-refractivity contribution in [2.24, 2.45) is 5.92 Å². The van der Waals surface area contributed by atoms with Crippen molar-refractivity contribution < 1.29 is 14.3 Å². The average Bonchev–Trinajstić information content (AvgIpc) is 2.46. The topological polar surface area (TPSA) is 58.6 Å². The van der Waals surface area contributed by atoms with Gasteiger partial charge in [-0.1, -0.05) is 0 Å². The second-order valence-electron chi connectivity index (χ2n) is 7.13. The molecule has 0 aromatic rings. The van der Waals surface area contributed by atoms with Crippen molar-refractivity contribution in [2.45, 2.75) is 58.1 Å². The van der Waals surface area contributed by atoms with Crippen LogP contribution in [0.1, 0.15) is 46.5 Å². The Hall–Kier alpha value is -0.910. The Morgan fingerprint density at radius 1 is 1.09 bits per heavy atom. The standard InChI is InChI=1S/C16H28N2O3S/c1-16(2,3)21-15(20)17-13-6-4-12(5-7-13)14(19)18-8-10-22-11-9-18/h12-13H,4-11H2,1-3H3,(H,17,20). The van der Waals surface area contributed by atoms with Crippen LogP contribution in [0.4, 0.5) is 4.79 Å². The van der Waals surface area contributed by atoms with Gasteiger partial charge in [-0.2, -0.15) is 11.8 Å². The maximum atomic E-state index is 12.5. The van der Waals surface area contributed by atoms with E-state index in [2.05, 4.69) is 5.32 Å². The number of hydrogen-bond acceptors (Lipinski definition) is 4. The number of nitrogens with one attached hydrogen (secondary N) is 1. The minimum absolute atomic E-state index is 0.135. The van der Waals surface area contributed by atoms with E-state index in [4.69, 9.17) is 4.74 Å². The highest BCUT2D eigenvalue weighted by Gasteiger charge is 2.31. The zero-order valence-corrected chi connectivity index (χ0v) is 14.7. The fraction of sp³-hybridized carbons (Fsp3) is 0.875. The molecule has 2 fully saturated rings. The molecule has 1 N–H and O–H groups in total.